The number of fused-ring (bicyclic) bond motifs is 1. The Hall–Kier alpha value is -3.22. The van der Waals surface area contributed by atoms with E-state index in [0.717, 1.165) is 17.7 Å². The Morgan fingerprint density at radius 3 is 2.43 bits per heavy atom. The van der Waals surface area contributed by atoms with Crippen LogP contribution in [0.2, 0.25) is 0 Å². The number of carbonyl (C=O) groups excluding carboxylic acids is 2. The van der Waals surface area contributed by atoms with E-state index in [1.54, 1.807) is 17.0 Å². The molecule has 2 aromatic carbocycles. The van der Waals surface area contributed by atoms with Gasteiger partial charge in [-0.25, -0.2) is 0 Å². The van der Waals surface area contributed by atoms with Crippen LogP contribution in [0, 0.1) is 15.5 Å². The Balaban J connectivity index is 1.71. The zero-order valence-corrected chi connectivity index (χ0v) is 16.2. The lowest BCUT2D eigenvalue weighted by atomic mass is 9.94. The van der Waals surface area contributed by atoms with Gasteiger partial charge in [0.25, 0.3) is 5.69 Å². The van der Waals surface area contributed by atoms with Gasteiger partial charge in [-0.1, -0.05) is 39.0 Å². The van der Waals surface area contributed by atoms with E-state index in [4.69, 9.17) is 0 Å². The molecule has 0 saturated carbocycles. The number of anilines is 2. The summed E-state index contributed by atoms with van der Waals surface area (Å²) < 4.78 is 0. The zero-order valence-electron chi connectivity index (χ0n) is 16.2. The van der Waals surface area contributed by atoms with Crippen LogP contribution in [0.25, 0.3) is 0 Å². The fraction of sp³-hybridized carbons (Fsp3) is 0.333. The molecule has 0 spiro atoms. The number of carbonyl (C=O) groups is 2. The minimum absolute atomic E-state index is 0.00797. The van der Waals surface area contributed by atoms with Gasteiger partial charge in [0.15, 0.2) is 0 Å². The van der Waals surface area contributed by atoms with Crippen molar-refractivity contribution < 1.29 is 14.5 Å². The number of amides is 2. The summed E-state index contributed by atoms with van der Waals surface area (Å²) >= 11 is 0. The normalized spacial score (nSPS) is 13.2. The monoisotopic (exact) mass is 381 g/mol. The highest BCUT2D eigenvalue weighted by Crippen LogP contribution is 2.34. The van der Waals surface area contributed by atoms with Crippen molar-refractivity contribution >= 4 is 28.9 Å². The fourth-order valence-electron chi connectivity index (χ4n) is 3.20. The largest absolute Gasteiger partial charge is 0.326 e. The van der Waals surface area contributed by atoms with E-state index < -0.39 is 10.3 Å². The van der Waals surface area contributed by atoms with Gasteiger partial charge < -0.3 is 10.2 Å². The summed E-state index contributed by atoms with van der Waals surface area (Å²) in [6.45, 7) is 6.32. The number of nitrogens with zero attached hydrogens (tertiary/aromatic N) is 2. The summed E-state index contributed by atoms with van der Waals surface area (Å²) in [6.07, 6.45) is 0.911. The first-order chi connectivity index (χ1) is 13.1. The number of nitro groups is 1. The summed E-state index contributed by atoms with van der Waals surface area (Å²) in [5.41, 5.74) is 2.76. The SMILES string of the molecule is CC(C)(C)C(=O)N1CCc2ccc(NC(=O)Cc3ccc([N+](=O)[O-])cc3)cc21. The summed E-state index contributed by atoms with van der Waals surface area (Å²) in [4.78, 5) is 37.0. The van der Waals surface area contributed by atoms with Crippen LogP contribution in [0.1, 0.15) is 31.9 Å². The van der Waals surface area contributed by atoms with Crippen molar-refractivity contribution in [1.82, 2.24) is 0 Å². The van der Waals surface area contributed by atoms with Crippen LogP contribution in [-0.2, 0) is 22.4 Å². The maximum absolute atomic E-state index is 12.7. The third kappa shape index (κ3) is 4.19. The van der Waals surface area contributed by atoms with Crippen molar-refractivity contribution in [3.05, 3.63) is 63.7 Å². The van der Waals surface area contributed by atoms with Crippen molar-refractivity contribution in [1.29, 1.82) is 0 Å². The highest BCUT2D eigenvalue weighted by atomic mass is 16.6. The van der Waals surface area contributed by atoms with E-state index in [0.29, 0.717) is 17.8 Å². The Bertz CT molecular complexity index is 930. The van der Waals surface area contributed by atoms with Gasteiger partial charge in [-0.3, -0.25) is 19.7 Å². The molecule has 1 heterocycles. The molecule has 28 heavy (non-hydrogen) atoms. The number of hydrogen-bond donors (Lipinski definition) is 1. The van der Waals surface area contributed by atoms with Crippen LogP contribution < -0.4 is 10.2 Å². The van der Waals surface area contributed by atoms with Crippen LogP contribution >= 0.6 is 0 Å². The first-order valence-electron chi connectivity index (χ1n) is 9.13. The first-order valence-corrected chi connectivity index (χ1v) is 9.13. The van der Waals surface area contributed by atoms with Gasteiger partial charge in [0, 0.05) is 35.5 Å². The van der Waals surface area contributed by atoms with Crippen LogP contribution in [0.5, 0.6) is 0 Å². The van der Waals surface area contributed by atoms with E-state index >= 15 is 0 Å². The van der Waals surface area contributed by atoms with Crippen LogP contribution in [0.4, 0.5) is 17.1 Å². The molecule has 1 N–H and O–H groups in total. The predicted molar refractivity (Wildman–Crippen MR) is 107 cm³/mol. The van der Waals surface area contributed by atoms with Crippen molar-refractivity contribution in [2.24, 2.45) is 5.41 Å². The van der Waals surface area contributed by atoms with Gasteiger partial charge in [0.1, 0.15) is 0 Å². The van der Waals surface area contributed by atoms with Gasteiger partial charge in [-0.2, -0.15) is 0 Å². The van der Waals surface area contributed by atoms with E-state index in [2.05, 4.69) is 5.32 Å². The lowest BCUT2D eigenvalue weighted by molar-refractivity contribution is -0.384. The van der Waals surface area contributed by atoms with Crippen LogP contribution in [0.3, 0.4) is 0 Å². The number of non-ortho nitro benzene ring substituents is 1. The van der Waals surface area contributed by atoms with Gasteiger partial charge in [0.2, 0.25) is 11.8 Å². The fourth-order valence-corrected chi connectivity index (χ4v) is 3.20. The number of nitrogens with one attached hydrogen (secondary N) is 1. The number of rotatable bonds is 4. The van der Waals surface area contributed by atoms with Crippen LogP contribution in [-0.4, -0.2) is 23.3 Å². The van der Waals surface area contributed by atoms with Crippen molar-refractivity contribution in [2.75, 3.05) is 16.8 Å². The van der Waals surface area contributed by atoms with Gasteiger partial charge in [-0.15, -0.1) is 0 Å². The van der Waals surface area contributed by atoms with Gasteiger partial charge >= 0.3 is 0 Å². The van der Waals surface area contributed by atoms with E-state index in [9.17, 15) is 19.7 Å². The average Bonchev–Trinajstić information content (AvgIpc) is 3.03. The zero-order chi connectivity index (χ0) is 20.5. The molecule has 3 rings (SSSR count). The second-order valence-corrected chi connectivity index (χ2v) is 7.95. The van der Waals surface area contributed by atoms with E-state index in [1.165, 1.54) is 12.1 Å². The highest BCUT2D eigenvalue weighted by molar-refractivity contribution is 6.00. The average molecular weight is 381 g/mol. The first kappa shape index (κ1) is 19.5. The van der Waals surface area contributed by atoms with E-state index in [1.807, 2.05) is 39.0 Å². The molecular formula is C21H23N3O4. The molecule has 0 atom stereocenters. The Labute approximate surface area is 163 Å². The molecule has 1 aliphatic heterocycles. The number of benzene rings is 2. The van der Waals surface area contributed by atoms with E-state index in [-0.39, 0.29) is 23.9 Å². The summed E-state index contributed by atoms with van der Waals surface area (Å²) in [5.74, 6) is -0.166. The Kier molecular flexibility index (Phi) is 5.18. The lowest BCUT2D eigenvalue weighted by Gasteiger charge is -2.26. The summed E-state index contributed by atoms with van der Waals surface area (Å²) in [6, 6.07) is 11.5. The molecule has 146 valence electrons. The molecule has 0 bridgehead atoms. The molecule has 0 aliphatic carbocycles. The maximum atomic E-state index is 12.7. The second kappa shape index (κ2) is 7.42. The smallest absolute Gasteiger partial charge is 0.269 e. The third-order valence-corrected chi connectivity index (χ3v) is 4.66. The molecule has 2 amide bonds. The molecule has 0 unspecified atom stereocenters. The summed E-state index contributed by atoms with van der Waals surface area (Å²) in [5, 5.41) is 13.5. The highest BCUT2D eigenvalue weighted by Gasteiger charge is 2.32. The molecule has 0 saturated heterocycles. The van der Waals surface area contributed by atoms with Crippen LogP contribution in [0.15, 0.2) is 42.5 Å². The number of hydrogen-bond acceptors (Lipinski definition) is 4. The molecule has 7 nitrogen and oxygen atoms in total. The van der Waals surface area contributed by atoms with Gasteiger partial charge in [0.05, 0.1) is 11.3 Å². The molecule has 0 aromatic heterocycles. The Morgan fingerprint density at radius 1 is 1.14 bits per heavy atom. The second-order valence-electron chi connectivity index (χ2n) is 7.95. The molecule has 0 radical (unpaired) electrons. The van der Waals surface area contributed by atoms with Crippen molar-refractivity contribution in [3.63, 3.8) is 0 Å². The van der Waals surface area contributed by atoms with Crippen molar-refractivity contribution in [2.45, 2.75) is 33.6 Å². The lowest BCUT2D eigenvalue weighted by Crippen LogP contribution is -2.38. The molecule has 1 aliphatic rings. The van der Waals surface area contributed by atoms with Gasteiger partial charge in [-0.05, 0) is 29.7 Å². The minimum atomic E-state index is -0.475. The number of nitro benzene ring substituents is 1. The maximum Gasteiger partial charge on any atom is 0.269 e. The molecule has 2 aromatic rings. The molecule has 7 heteroatoms. The quantitative estimate of drug-likeness (QED) is 0.645. The molecular weight excluding hydrogens is 358 g/mol. The topological polar surface area (TPSA) is 92.6 Å². The predicted octanol–water partition coefficient (Wildman–Crippen LogP) is 3.71. The standard InChI is InChI=1S/C21H23N3O4/c1-21(2,3)20(26)23-11-10-15-6-7-16(13-18(15)23)22-19(25)12-14-4-8-17(9-5-14)24(27)28/h4-9,13H,10-12H2,1-3H3,(H,22,25). The van der Waals surface area contributed by atoms with Crippen molar-refractivity contribution in [3.8, 4) is 0 Å². The molecule has 0 fully saturated rings. The summed E-state index contributed by atoms with van der Waals surface area (Å²) in [7, 11) is 0. The minimum Gasteiger partial charge on any atom is -0.326 e. The Morgan fingerprint density at radius 2 is 1.82 bits per heavy atom. The third-order valence-electron chi connectivity index (χ3n) is 4.66.